The molecule has 0 saturated heterocycles. The molecule has 0 aliphatic heterocycles. The number of fused-ring (bicyclic) bond motifs is 2. The zero-order valence-corrected chi connectivity index (χ0v) is 18.1. The third-order valence-electron chi connectivity index (χ3n) is 4.86. The van der Waals surface area contributed by atoms with E-state index in [9.17, 15) is 0 Å². The molecule has 0 radical (unpaired) electrons. The van der Waals surface area contributed by atoms with Crippen molar-refractivity contribution in [2.45, 2.75) is 5.16 Å². The monoisotopic (exact) mass is 439 g/mol. The number of rotatable bonds is 5. The summed E-state index contributed by atoms with van der Waals surface area (Å²) in [5.74, 6) is 4.51. The van der Waals surface area contributed by atoms with E-state index >= 15 is 0 Å². The molecule has 8 nitrogen and oxygen atoms in total. The molecule has 3 heterocycles. The standard InChI is InChI=1S/C23H17N7OS/c1-4-14-9-15(28-22-21-18(25-12-26-22)11-24-23(29-21)32-3)5-8-20(14)31-16-6-7-19-17(10-16)27-13-30(19)2/h1,5-13H,2-3H3,(H,25,26,28). The summed E-state index contributed by atoms with van der Waals surface area (Å²) in [5, 5.41) is 3.92. The fourth-order valence-corrected chi connectivity index (χ4v) is 3.62. The lowest BCUT2D eigenvalue weighted by molar-refractivity contribution is 0.482. The van der Waals surface area contributed by atoms with Crippen LogP contribution in [-0.2, 0) is 7.05 Å². The Morgan fingerprint density at radius 2 is 1.97 bits per heavy atom. The second kappa shape index (κ2) is 8.17. The fraction of sp³-hybridized carbons (Fsp3) is 0.0870. The van der Waals surface area contributed by atoms with E-state index in [-0.39, 0.29) is 0 Å². The first-order valence-corrected chi connectivity index (χ1v) is 10.9. The Balaban J connectivity index is 1.44. The van der Waals surface area contributed by atoms with Crippen LogP contribution in [0.25, 0.3) is 22.1 Å². The van der Waals surface area contributed by atoms with Crippen molar-refractivity contribution < 1.29 is 4.74 Å². The van der Waals surface area contributed by atoms with E-state index in [0.29, 0.717) is 39.1 Å². The molecule has 156 valence electrons. The zero-order chi connectivity index (χ0) is 22.1. The average molecular weight is 440 g/mol. The van der Waals surface area contributed by atoms with Crippen LogP contribution in [0.5, 0.6) is 11.5 Å². The summed E-state index contributed by atoms with van der Waals surface area (Å²) in [6.45, 7) is 0. The fourth-order valence-electron chi connectivity index (χ4n) is 3.28. The maximum Gasteiger partial charge on any atom is 0.188 e. The maximum absolute atomic E-state index is 6.05. The number of nitrogens with zero attached hydrogens (tertiary/aromatic N) is 6. The van der Waals surface area contributed by atoms with Crippen LogP contribution in [0.2, 0.25) is 0 Å². The van der Waals surface area contributed by atoms with Gasteiger partial charge in [-0.25, -0.2) is 24.9 Å². The second-order valence-electron chi connectivity index (χ2n) is 6.90. The molecule has 0 unspecified atom stereocenters. The van der Waals surface area contributed by atoms with Gasteiger partial charge in [-0.15, -0.1) is 6.42 Å². The quantitative estimate of drug-likeness (QED) is 0.242. The molecule has 0 atom stereocenters. The molecule has 0 aliphatic rings. The highest BCUT2D eigenvalue weighted by Crippen LogP contribution is 2.31. The van der Waals surface area contributed by atoms with Crippen LogP contribution in [0.3, 0.4) is 0 Å². The number of benzene rings is 2. The number of hydrogen-bond acceptors (Lipinski definition) is 8. The van der Waals surface area contributed by atoms with Gasteiger partial charge in [0.05, 0.1) is 29.1 Å². The van der Waals surface area contributed by atoms with Crippen LogP contribution < -0.4 is 10.1 Å². The number of thioether (sulfide) groups is 1. The molecule has 0 saturated carbocycles. The molecule has 0 fully saturated rings. The molecule has 0 aliphatic carbocycles. The number of aryl methyl sites for hydroxylation is 1. The van der Waals surface area contributed by atoms with Gasteiger partial charge in [0.1, 0.15) is 28.9 Å². The van der Waals surface area contributed by atoms with E-state index in [1.807, 2.05) is 54.3 Å². The van der Waals surface area contributed by atoms with E-state index in [1.54, 1.807) is 12.5 Å². The highest BCUT2D eigenvalue weighted by atomic mass is 32.2. The summed E-state index contributed by atoms with van der Waals surface area (Å²) in [6, 6.07) is 11.3. The Morgan fingerprint density at radius 1 is 1.06 bits per heavy atom. The minimum atomic E-state index is 0.574. The van der Waals surface area contributed by atoms with Crippen molar-refractivity contribution in [3.63, 3.8) is 0 Å². The minimum absolute atomic E-state index is 0.574. The van der Waals surface area contributed by atoms with Crippen molar-refractivity contribution in [2.75, 3.05) is 11.6 Å². The van der Waals surface area contributed by atoms with Crippen molar-refractivity contribution in [2.24, 2.45) is 7.05 Å². The topological polar surface area (TPSA) is 90.6 Å². The van der Waals surface area contributed by atoms with Gasteiger partial charge in [-0.1, -0.05) is 17.7 Å². The molecule has 2 aromatic carbocycles. The van der Waals surface area contributed by atoms with E-state index in [2.05, 4.69) is 36.2 Å². The minimum Gasteiger partial charge on any atom is -0.456 e. The lowest BCUT2D eigenvalue weighted by Gasteiger charge is -2.12. The summed E-state index contributed by atoms with van der Waals surface area (Å²) in [4.78, 5) is 21.7. The normalized spacial score (nSPS) is 10.9. The molecule has 32 heavy (non-hydrogen) atoms. The van der Waals surface area contributed by atoms with Crippen LogP contribution in [-0.4, -0.2) is 35.7 Å². The predicted octanol–water partition coefficient (Wildman–Crippen LogP) is 4.55. The summed E-state index contributed by atoms with van der Waals surface area (Å²) in [6.07, 6.45) is 12.6. The van der Waals surface area contributed by atoms with Gasteiger partial charge in [0.25, 0.3) is 0 Å². The number of imidazole rings is 1. The molecule has 0 bridgehead atoms. The molecule has 9 heteroatoms. The van der Waals surface area contributed by atoms with Crippen molar-refractivity contribution in [3.05, 3.63) is 60.8 Å². The van der Waals surface area contributed by atoms with Crippen LogP contribution in [0, 0.1) is 12.3 Å². The van der Waals surface area contributed by atoms with Gasteiger partial charge in [-0.2, -0.15) is 0 Å². The van der Waals surface area contributed by atoms with Crippen LogP contribution in [0.1, 0.15) is 5.56 Å². The molecular formula is C23H17N7OS. The Kier molecular flexibility index (Phi) is 5.05. The summed E-state index contributed by atoms with van der Waals surface area (Å²) in [7, 11) is 1.95. The van der Waals surface area contributed by atoms with E-state index in [0.717, 1.165) is 16.7 Å². The van der Waals surface area contributed by atoms with Gasteiger partial charge in [0, 0.05) is 18.8 Å². The highest BCUT2D eigenvalue weighted by molar-refractivity contribution is 7.98. The lowest BCUT2D eigenvalue weighted by atomic mass is 10.2. The number of ether oxygens (including phenoxy) is 1. The van der Waals surface area contributed by atoms with Gasteiger partial charge in [-0.3, -0.25) is 0 Å². The van der Waals surface area contributed by atoms with E-state index in [4.69, 9.17) is 11.2 Å². The number of hydrogen-bond donors (Lipinski definition) is 1. The molecule has 5 rings (SSSR count). The van der Waals surface area contributed by atoms with Gasteiger partial charge in [0.2, 0.25) is 0 Å². The third kappa shape index (κ3) is 3.68. The van der Waals surface area contributed by atoms with Crippen molar-refractivity contribution in [1.29, 1.82) is 0 Å². The molecule has 0 amide bonds. The number of anilines is 2. The van der Waals surface area contributed by atoms with Gasteiger partial charge in [0.15, 0.2) is 11.0 Å². The van der Waals surface area contributed by atoms with Crippen LogP contribution in [0.15, 0.2) is 60.4 Å². The lowest BCUT2D eigenvalue weighted by Crippen LogP contribution is -2.00. The maximum atomic E-state index is 6.05. The summed E-state index contributed by atoms with van der Waals surface area (Å²) >= 11 is 1.46. The summed E-state index contributed by atoms with van der Waals surface area (Å²) in [5.41, 5.74) is 4.54. The van der Waals surface area contributed by atoms with Crippen molar-refractivity contribution in [3.8, 4) is 23.8 Å². The Labute approximate surface area is 188 Å². The van der Waals surface area contributed by atoms with Crippen LogP contribution >= 0.6 is 11.8 Å². The van der Waals surface area contributed by atoms with Crippen molar-refractivity contribution >= 4 is 45.3 Å². The number of nitrogens with one attached hydrogen (secondary N) is 1. The number of aromatic nitrogens is 6. The molecular weight excluding hydrogens is 422 g/mol. The van der Waals surface area contributed by atoms with Gasteiger partial charge < -0.3 is 14.6 Å². The number of terminal acetylenes is 1. The second-order valence-corrected chi connectivity index (χ2v) is 7.67. The zero-order valence-electron chi connectivity index (χ0n) is 17.3. The molecule has 3 aromatic heterocycles. The van der Waals surface area contributed by atoms with Gasteiger partial charge >= 0.3 is 0 Å². The molecule has 1 N–H and O–H groups in total. The average Bonchev–Trinajstić information content (AvgIpc) is 3.20. The largest absolute Gasteiger partial charge is 0.456 e. The first-order chi connectivity index (χ1) is 15.6. The summed E-state index contributed by atoms with van der Waals surface area (Å²) < 4.78 is 8.01. The molecule has 5 aromatic rings. The molecule has 0 spiro atoms. The first kappa shape index (κ1) is 19.8. The highest BCUT2D eigenvalue weighted by Gasteiger charge is 2.11. The van der Waals surface area contributed by atoms with E-state index < -0.39 is 0 Å². The SMILES string of the molecule is C#Cc1cc(Nc2ncnc3cnc(SC)nc23)ccc1Oc1ccc2c(c1)ncn2C. The van der Waals surface area contributed by atoms with Crippen molar-refractivity contribution in [1.82, 2.24) is 29.5 Å². The van der Waals surface area contributed by atoms with Gasteiger partial charge in [-0.05, 0) is 36.6 Å². The Hall–Kier alpha value is -4.16. The van der Waals surface area contributed by atoms with E-state index in [1.165, 1.54) is 18.1 Å². The Morgan fingerprint density at radius 3 is 2.81 bits per heavy atom. The first-order valence-electron chi connectivity index (χ1n) is 9.63. The predicted molar refractivity (Wildman–Crippen MR) is 125 cm³/mol. The third-order valence-corrected chi connectivity index (χ3v) is 5.42. The Bertz CT molecular complexity index is 1510. The van der Waals surface area contributed by atoms with Crippen LogP contribution in [0.4, 0.5) is 11.5 Å². The smallest absolute Gasteiger partial charge is 0.188 e.